The van der Waals surface area contributed by atoms with Crippen molar-refractivity contribution in [1.82, 2.24) is 9.80 Å². The van der Waals surface area contributed by atoms with Crippen LogP contribution in [0.2, 0.25) is 0 Å². The Morgan fingerprint density at radius 1 is 0.933 bits per heavy atom. The molecular formula is C24H36N2O4. The summed E-state index contributed by atoms with van der Waals surface area (Å²) in [7, 11) is 1.67. The maximum absolute atomic E-state index is 13.5. The average molecular weight is 417 g/mol. The third kappa shape index (κ3) is 5.67. The van der Waals surface area contributed by atoms with Gasteiger partial charge < -0.3 is 19.3 Å². The van der Waals surface area contributed by atoms with Crippen molar-refractivity contribution in [2.75, 3.05) is 26.7 Å². The lowest BCUT2D eigenvalue weighted by molar-refractivity contribution is -0.139. The third-order valence-corrected chi connectivity index (χ3v) is 6.03. The van der Waals surface area contributed by atoms with E-state index in [0.29, 0.717) is 25.9 Å². The maximum Gasteiger partial charge on any atom is 0.410 e. The highest BCUT2D eigenvalue weighted by Crippen LogP contribution is 2.34. The van der Waals surface area contributed by atoms with Crippen molar-refractivity contribution in [2.45, 2.75) is 70.9 Å². The Labute approximate surface area is 180 Å². The van der Waals surface area contributed by atoms with Gasteiger partial charge in [0, 0.05) is 25.6 Å². The summed E-state index contributed by atoms with van der Waals surface area (Å²) in [5.74, 6) is 1.05. The summed E-state index contributed by atoms with van der Waals surface area (Å²) in [5, 5.41) is 0. The van der Waals surface area contributed by atoms with E-state index in [-0.39, 0.29) is 24.0 Å². The first kappa shape index (κ1) is 22.4. The molecule has 6 nitrogen and oxygen atoms in total. The first-order chi connectivity index (χ1) is 14.3. The fourth-order valence-electron chi connectivity index (χ4n) is 4.41. The smallest absolute Gasteiger partial charge is 0.410 e. The van der Waals surface area contributed by atoms with E-state index in [1.54, 1.807) is 12.0 Å². The highest BCUT2D eigenvalue weighted by molar-refractivity contribution is 5.80. The van der Waals surface area contributed by atoms with Crippen LogP contribution in [0.4, 0.5) is 4.79 Å². The molecular weight excluding hydrogens is 380 g/mol. The van der Waals surface area contributed by atoms with E-state index < -0.39 is 5.60 Å². The van der Waals surface area contributed by atoms with Crippen LogP contribution in [-0.2, 0) is 9.53 Å². The van der Waals surface area contributed by atoms with Gasteiger partial charge in [-0.15, -0.1) is 0 Å². The second-order valence-corrected chi connectivity index (χ2v) is 9.41. The number of nitrogens with zero attached hydrogens (tertiary/aromatic N) is 2. The molecule has 166 valence electrons. The minimum atomic E-state index is -0.499. The molecule has 2 heterocycles. The van der Waals surface area contributed by atoms with Crippen LogP contribution in [0.15, 0.2) is 24.3 Å². The number of benzene rings is 1. The number of rotatable bonds is 3. The molecule has 2 fully saturated rings. The Hall–Kier alpha value is -2.24. The van der Waals surface area contributed by atoms with Crippen LogP contribution in [0.3, 0.4) is 0 Å². The van der Waals surface area contributed by atoms with Gasteiger partial charge in [-0.25, -0.2) is 4.79 Å². The molecule has 0 radical (unpaired) electrons. The second kappa shape index (κ2) is 9.71. The summed E-state index contributed by atoms with van der Waals surface area (Å²) in [4.78, 5) is 29.6. The molecule has 6 heteroatoms. The molecule has 0 saturated carbocycles. The second-order valence-electron chi connectivity index (χ2n) is 9.41. The topological polar surface area (TPSA) is 59.1 Å². The largest absolute Gasteiger partial charge is 0.497 e. The van der Waals surface area contributed by atoms with Crippen LogP contribution < -0.4 is 4.74 Å². The van der Waals surface area contributed by atoms with Gasteiger partial charge in [-0.3, -0.25) is 4.79 Å². The van der Waals surface area contributed by atoms with Crippen LogP contribution >= 0.6 is 0 Å². The number of hydrogen-bond acceptors (Lipinski definition) is 4. The van der Waals surface area contributed by atoms with Crippen LogP contribution in [0, 0.1) is 5.92 Å². The van der Waals surface area contributed by atoms with Crippen molar-refractivity contribution in [1.29, 1.82) is 0 Å². The van der Waals surface area contributed by atoms with Gasteiger partial charge in [0.2, 0.25) is 5.91 Å². The van der Waals surface area contributed by atoms with Crippen LogP contribution in [-0.4, -0.2) is 54.1 Å². The van der Waals surface area contributed by atoms with E-state index in [4.69, 9.17) is 9.47 Å². The summed E-state index contributed by atoms with van der Waals surface area (Å²) in [6, 6.07) is 8.24. The average Bonchev–Trinajstić information content (AvgIpc) is 2.98. The molecule has 0 aromatic heterocycles. The van der Waals surface area contributed by atoms with Gasteiger partial charge in [0.25, 0.3) is 0 Å². The van der Waals surface area contributed by atoms with Crippen molar-refractivity contribution in [3.8, 4) is 5.75 Å². The van der Waals surface area contributed by atoms with Crippen molar-refractivity contribution in [3.05, 3.63) is 29.8 Å². The Morgan fingerprint density at radius 2 is 1.60 bits per heavy atom. The normalized spacial score (nSPS) is 21.1. The number of methoxy groups -OCH3 is 1. The summed E-state index contributed by atoms with van der Waals surface area (Å²) in [6.07, 6.45) is 5.46. The van der Waals surface area contributed by atoms with Crippen molar-refractivity contribution < 1.29 is 19.1 Å². The fourth-order valence-corrected chi connectivity index (χ4v) is 4.41. The fraction of sp³-hybridized carbons (Fsp3) is 0.667. The molecule has 0 unspecified atom stereocenters. The molecule has 1 aromatic carbocycles. The van der Waals surface area contributed by atoms with Crippen LogP contribution in [0.25, 0.3) is 0 Å². The van der Waals surface area contributed by atoms with Gasteiger partial charge >= 0.3 is 6.09 Å². The highest BCUT2D eigenvalue weighted by Gasteiger charge is 2.35. The zero-order chi connectivity index (χ0) is 21.7. The summed E-state index contributed by atoms with van der Waals surface area (Å²) in [6.45, 7) is 7.58. The van der Waals surface area contributed by atoms with Gasteiger partial charge in [-0.05, 0) is 64.2 Å². The molecule has 0 spiro atoms. The zero-order valence-electron chi connectivity index (χ0n) is 18.9. The molecule has 30 heavy (non-hydrogen) atoms. The number of carbonyl (C=O) groups excluding carboxylic acids is 2. The van der Waals surface area contributed by atoms with E-state index in [1.165, 1.54) is 5.56 Å². The highest BCUT2D eigenvalue weighted by atomic mass is 16.6. The van der Waals surface area contributed by atoms with E-state index >= 15 is 0 Å². The van der Waals surface area contributed by atoms with Crippen molar-refractivity contribution in [3.63, 3.8) is 0 Å². The molecule has 1 atom stereocenters. The Kier molecular flexibility index (Phi) is 7.27. The molecule has 2 aliphatic heterocycles. The van der Waals surface area contributed by atoms with Crippen LogP contribution in [0.1, 0.15) is 70.9 Å². The van der Waals surface area contributed by atoms with Gasteiger partial charge in [0.15, 0.2) is 0 Å². The minimum absolute atomic E-state index is 0.0254. The van der Waals surface area contributed by atoms with E-state index in [2.05, 4.69) is 17.0 Å². The maximum atomic E-state index is 13.5. The third-order valence-electron chi connectivity index (χ3n) is 6.03. The minimum Gasteiger partial charge on any atom is -0.497 e. The lowest BCUT2D eigenvalue weighted by Gasteiger charge is -2.37. The van der Waals surface area contributed by atoms with Crippen LogP contribution in [0.5, 0.6) is 5.75 Å². The molecule has 2 amide bonds. The zero-order valence-corrected chi connectivity index (χ0v) is 18.9. The first-order valence-electron chi connectivity index (χ1n) is 11.2. The molecule has 2 aliphatic rings. The van der Waals surface area contributed by atoms with E-state index in [0.717, 1.165) is 38.0 Å². The van der Waals surface area contributed by atoms with Crippen molar-refractivity contribution >= 4 is 12.0 Å². The van der Waals surface area contributed by atoms with Crippen molar-refractivity contribution in [2.24, 2.45) is 5.92 Å². The molecule has 1 aromatic rings. The number of likely N-dealkylation sites (tertiary alicyclic amines) is 2. The number of carbonyl (C=O) groups is 2. The molecule has 3 rings (SSSR count). The SMILES string of the molecule is COc1ccc([C@@H]2CCCCCN2C(=O)C2CCN(C(=O)OC(C)(C)C)CC2)cc1. The Morgan fingerprint density at radius 3 is 2.20 bits per heavy atom. The lowest BCUT2D eigenvalue weighted by Crippen LogP contribution is -2.46. The number of ether oxygens (including phenoxy) is 2. The summed E-state index contributed by atoms with van der Waals surface area (Å²) >= 11 is 0. The molecule has 0 bridgehead atoms. The number of amides is 2. The summed E-state index contributed by atoms with van der Waals surface area (Å²) in [5.41, 5.74) is 0.679. The monoisotopic (exact) mass is 416 g/mol. The molecule has 0 aliphatic carbocycles. The van der Waals surface area contributed by atoms with Gasteiger partial charge in [-0.2, -0.15) is 0 Å². The summed E-state index contributed by atoms with van der Waals surface area (Å²) < 4.78 is 10.8. The number of hydrogen-bond donors (Lipinski definition) is 0. The Bertz CT molecular complexity index is 718. The molecule has 2 saturated heterocycles. The first-order valence-corrected chi connectivity index (χ1v) is 11.2. The molecule has 0 N–H and O–H groups in total. The Balaban J connectivity index is 1.65. The quantitative estimate of drug-likeness (QED) is 0.711. The lowest BCUT2D eigenvalue weighted by atomic mass is 9.93. The van der Waals surface area contributed by atoms with Gasteiger partial charge in [-0.1, -0.05) is 25.0 Å². The van der Waals surface area contributed by atoms with Gasteiger partial charge in [0.05, 0.1) is 13.2 Å². The van der Waals surface area contributed by atoms with Gasteiger partial charge in [0.1, 0.15) is 11.4 Å². The predicted octanol–water partition coefficient (Wildman–Crippen LogP) is 4.79. The standard InChI is InChI=1S/C24H36N2O4/c1-24(2,3)30-23(28)25-16-13-19(14-17-25)22(27)26-15-7-5-6-8-21(26)18-9-11-20(29-4)12-10-18/h9-12,19,21H,5-8,13-17H2,1-4H3/t21-/m0/s1. The number of piperidine rings is 1. The van der Waals surface area contributed by atoms with E-state index in [1.807, 2.05) is 32.9 Å². The predicted molar refractivity (Wildman–Crippen MR) is 116 cm³/mol. The van der Waals surface area contributed by atoms with E-state index in [9.17, 15) is 9.59 Å².